The number of carbonyl (C=O) groups is 1. The smallest absolute Gasteiger partial charge is 0.252 e. The van der Waals surface area contributed by atoms with E-state index in [1.54, 1.807) is 6.07 Å². The molecule has 1 amide bonds. The topological polar surface area (TPSA) is 94.5 Å². The van der Waals surface area contributed by atoms with Crippen molar-refractivity contribution in [1.29, 1.82) is 0 Å². The molecule has 1 fully saturated rings. The van der Waals surface area contributed by atoms with Crippen molar-refractivity contribution in [3.8, 4) is 0 Å². The van der Waals surface area contributed by atoms with Gasteiger partial charge in [-0.1, -0.05) is 0 Å². The third-order valence-corrected chi connectivity index (χ3v) is 2.87. The van der Waals surface area contributed by atoms with Crippen molar-refractivity contribution in [2.45, 2.75) is 26.1 Å². The van der Waals surface area contributed by atoms with Crippen molar-refractivity contribution in [1.82, 2.24) is 4.98 Å². The molecule has 0 radical (unpaired) electrons. The molecule has 98 valence electrons. The molecular weight excluding hydrogens is 232 g/mol. The Bertz CT molecular complexity index is 453. The van der Waals surface area contributed by atoms with E-state index in [2.05, 4.69) is 4.98 Å². The summed E-state index contributed by atoms with van der Waals surface area (Å²) in [6.07, 6.45) is 1.72. The number of amides is 1. The number of carbonyl (C=O) groups excluding carboxylic acids is 1. The summed E-state index contributed by atoms with van der Waals surface area (Å²) in [6.45, 7) is 5.34. The fraction of sp³-hybridized carbons (Fsp3) is 0.500. The Morgan fingerprint density at radius 2 is 2.06 bits per heavy atom. The Morgan fingerprint density at radius 1 is 1.44 bits per heavy atom. The molecule has 0 aromatic carbocycles. The van der Waals surface area contributed by atoms with Crippen molar-refractivity contribution in [3.63, 3.8) is 0 Å². The van der Waals surface area contributed by atoms with Crippen LogP contribution in [0.2, 0.25) is 0 Å². The number of nitrogen functional groups attached to an aromatic ring is 1. The molecule has 2 heterocycles. The number of morpholine rings is 1. The van der Waals surface area contributed by atoms with Gasteiger partial charge < -0.3 is 21.1 Å². The van der Waals surface area contributed by atoms with E-state index in [9.17, 15) is 4.79 Å². The van der Waals surface area contributed by atoms with Gasteiger partial charge in [-0.3, -0.25) is 4.79 Å². The monoisotopic (exact) mass is 250 g/mol. The van der Waals surface area contributed by atoms with Gasteiger partial charge in [-0.2, -0.15) is 0 Å². The van der Waals surface area contributed by atoms with Crippen LogP contribution in [0.3, 0.4) is 0 Å². The molecule has 2 rings (SSSR count). The van der Waals surface area contributed by atoms with Gasteiger partial charge in [0.25, 0.3) is 5.91 Å². The number of aromatic nitrogens is 1. The number of pyridine rings is 1. The molecule has 4 N–H and O–H groups in total. The second-order valence-electron chi connectivity index (χ2n) is 4.67. The molecule has 1 aromatic heterocycles. The highest BCUT2D eigenvalue weighted by Gasteiger charge is 2.26. The molecule has 0 bridgehead atoms. The largest absolute Gasteiger partial charge is 0.397 e. The number of rotatable bonds is 2. The Kier molecular flexibility index (Phi) is 3.38. The van der Waals surface area contributed by atoms with Gasteiger partial charge in [0.05, 0.1) is 29.7 Å². The van der Waals surface area contributed by atoms with Gasteiger partial charge in [0, 0.05) is 13.1 Å². The van der Waals surface area contributed by atoms with Crippen LogP contribution in [0.1, 0.15) is 24.2 Å². The summed E-state index contributed by atoms with van der Waals surface area (Å²) < 4.78 is 5.65. The molecule has 0 spiro atoms. The average Bonchev–Trinajstić information content (AvgIpc) is 2.27. The number of anilines is 2. The molecule has 2 unspecified atom stereocenters. The summed E-state index contributed by atoms with van der Waals surface area (Å²) in [7, 11) is 0. The summed E-state index contributed by atoms with van der Waals surface area (Å²) in [4.78, 5) is 17.7. The van der Waals surface area contributed by atoms with Gasteiger partial charge in [0.15, 0.2) is 0 Å². The minimum atomic E-state index is -0.517. The third-order valence-electron chi connectivity index (χ3n) is 2.87. The second-order valence-corrected chi connectivity index (χ2v) is 4.67. The number of nitrogens with zero attached hydrogens (tertiary/aromatic N) is 2. The molecule has 6 heteroatoms. The summed E-state index contributed by atoms with van der Waals surface area (Å²) in [5.74, 6) is 0.0651. The van der Waals surface area contributed by atoms with E-state index in [0.29, 0.717) is 30.2 Å². The van der Waals surface area contributed by atoms with Gasteiger partial charge >= 0.3 is 0 Å². The van der Waals surface area contributed by atoms with Crippen LogP contribution in [0.4, 0.5) is 11.5 Å². The average molecular weight is 250 g/mol. The predicted octanol–water partition coefficient (Wildman–Crippen LogP) is 0.376. The normalized spacial score (nSPS) is 24.0. The van der Waals surface area contributed by atoms with Crippen molar-refractivity contribution in [2.24, 2.45) is 5.73 Å². The van der Waals surface area contributed by atoms with E-state index in [-0.39, 0.29) is 12.2 Å². The fourth-order valence-corrected chi connectivity index (χ4v) is 2.26. The van der Waals surface area contributed by atoms with Crippen LogP contribution in [0.5, 0.6) is 0 Å². The van der Waals surface area contributed by atoms with Crippen LogP contribution in [-0.2, 0) is 4.74 Å². The van der Waals surface area contributed by atoms with Crippen LogP contribution >= 0.6 is 0 Å². The standard InChI is InChI=1S/C12H18N4O2/c1-7-5-16(6-8(2)18-7)12-10(11(14)17)3-9(13)4-15-12/h3-4,7-8H,5-6,13H2,1-2H3,(H2,14,17). The zero-order valence-electron chi connectivity index (χ0n) is 10.6. The number of primary amides is 1. The Balaban J connectivity index is 2.35. The molecule has 1 aromatic rings. The van der Waals surface area contributed by atoms with Crippen LogP contribution in [0.15, 0.2) is 12.3 Å². The number of nitrogens with two attached hydrogens (primary N) is 2. The minimum Gasteiger partial charge on any atom is -0.397 e. The van der Waals surface area contributed by atoms with Crippen molar-refractivity contribution < 1.29 is 9.53 Å². The van der Waals surface area contributed by atoms with Crippen LogP contribution in [-0.4, -0.2) is 36.2 Å². The summed E-state index contributed by atoms with van der Waals surface area (Å²) in [5, 5.41) is 0. The maximum absolute atomic E-state index is 11.4. The molecule has 2 atom stereocenters. The first-order valence-corrected chi connectivity index (χ1v) is 5.93. The minimum absolute atomic E-state index is 0.0915. The molecule has 1 aliphatic rings. The van der Waals surface area contributed by atoms with E-state index < -0.39 is 5.91 Å². The first-order chi connectivity index (χ1) is 8.47. The molecule has 1 saturated heterocycles. The SMILES string of the molecule is CC1CN(c2ncc(N)cc2C(N)=O)CC(C)O1. The lowest BCUT2D eigenvalue weighted by atomic mass is 10.1. The first-order valence-electron chi connectivity index (χ1n) is 5.93. The first kappa shape index (κ1) is 12.6. The number of hydrogen-bond donors (Lipinski definition) is 2. The maximum Gasteiger partial charge on any atom is 0.252 e. The molecule has 0 aliphatic carbocycles. The Morgan fingerprint density at radius 3 is 2.61 bits per heavy atom. The zero-order valence-corrected chi connectivity index (χ0v) is 10.6. The molecule has 18 heavy (non-hydrogen) atoms. The van der Waals surface area contributed by atoms with Crippen molar-refractivity contribution in [3.05, 3.63) is 17.8 Å². The third kappa shape index (κ3) is 2.53. The molecule has 0 saturated carbocycles. The van der Waals surface area contributed by atoms with Gasteiger partial charge in [-0.25, -0.2) is 4.98 Å². The summed E-state index contributed by atoms with van der Waals surface area (Å²) in [6, 6.07) is 1.56. The lowest BCUT2D eigenvalue weighted by molar-refractivity contribution is -0.00551. The van der Waals surface area contributed by atoms with Gasteiger partial charge in [0.2, 0.25) is 0 Å². The molecule has 1 aliphatic heterocycles. The fourth-order valence-electron chi connectivity index (χ4n) is 2.26. The van der Waals surface area contributed by atoms with E-state index >= 15 is 0 Å². The lowest BCUT2D eigenvalue weighted by Gasteiger charge is -2.36. The maximum atomic E-state index is 11.4. The van der Waals surface area contributed by atoms with Crippen LogP contribution in [0, 0.1) is 0 Å². The van der Waals surface area contributed by atoms with Crippen LogP contribution in [0.25, 0.3) is 0 Å². The van der Waals surface area contributed by atoms with E-state index in [1.165, 1.54) is 6.20 Å². The highest BCUT2D eigenvalue weighted by molar-refractivity contribution is 5.98. The van der Waals surface area contributed by atoms with Crippen molar-refractivity contribution in [2.75, 3.05) is 23.7 Å². The van der Waals surface area contributed by atoms with Crippen molar-refractivity contribution >= 4 is 17.4 Å². The summed E-state index contributed by atoms with van der Waals surface area (Å²) >= 11 is 0. The highest BCUT2D eigenvalue weighted by atomic mass is 16.5. The van der Waals surface area contributed by atoms with E-state index in [4.69, 9.17) is 16.2 Å². The summed E-state index contributed by atoms with van der Waals surface area (Å²) in [5.41, 5.74) is 11.8. The molecule has 6 nitrogen and oxygen atoms in total. The Labute approximate surface area is 106 Å². The van der Waals surface area contributed by atoms with Gasteiger partial charge in [-0.15, -0.1) is 0 Å². The predicted molar refractivity (Wildman–Crippen MR) is 69.4 cm³/mol. The quantitative estimate of drug-likeness (QED) is 0.791. The van der Waals surface area contributed by atoms with Crippen LogP contribution < -0.4 is 16.4 Å². The van der Waals surface area contributed by atoms with Gasteiger partial charge in [0.1, 0.15) is 5.82 Å². The van der Waals surface area contributed by atoms with E-state index in [0.717, 1.165) is 0 Å². The zero-order chi connectivity index (χ0) is 13.3. The van der Waals surface area contributed by atoms with E-state index in [1.807, 2.05) is 18.7 Å². The van der Waals surface area contributed by atoms with Gasteiger partial charge in [-0.05, 0) is 19.9 Å². The lowest BCUT2D eigenvalue weighted by Crippen LogP contribution is -2.46. The Hall–Kier alpha value is -1.82. The molecular formula is C12H18N4O2. The second kappa shape index (κ2) is 4.81. The number of hydrogen-bond acceptors (Lipinski definition) is 5. The number of ether oxygens (including phenoxy) is 1. The highest BCUT2D eigenvalue weighted by Crippen LogP contribution is 2.23.